The Morgan fingerprint density at radius 3 is 2.41 bits per heavy atom. The fourth-order valence-corrected chi connectivity index (χ4v) is 2.99. The van der Waals surface area contributed by atoms with Gasteiger partial charge in [-0.1, -0.05) is 56.1 Å². The largest absolute Gasteiger partial charge is 0.361 e. The van der Waals surface area contributed by atoms with Gasteiger partial charge in [0.1, 0.15) is 0 Å². The molecule has 0 fully saturated rings. The molecule has 0 aliphatic carbocycles. The zero-order chi connectivity index (χ0) is 11.8. The summed E-state index contributed by atoms with van der Waals surface area (Å²) in [6.45, 7) is 0. The van der Waals surface area contributed by atoms with Crippen molar-refractivity contribution in [2.45, 2.75) is 0 Å². The average Bonchev–Trinajstić information content (AvgIpc) is 2.81. The van der Waals surface area contributed by atoms with Crippen LogP contribution in [-0.4, -0.2) is 4.98 Å². The van der Waals surface area contributed by atoms with Crippen LogP contribution in [0.1, 0.15) is 0 Å². The monoisotopic (exact) mass is 349 g/mol. The Morgan fingerprint density at radius 2 is 1.59 bits per heavy atom. The van der Waals surface area contributed by atoms with E-state index in [9.17, 15) is 0 Å². The van der Waals surface area contributed by atoms with Gasteiger partial charge in [0.15, 0.2) is 0 Å². The topological polar surface area (TPSA) is 15.8 Å². The SMILES string of the molecule is Brc1ccccc1-c1ccc(Br)c2cc[nH]c12. The number of nitrogens with one attached hydrogen (secondary N) is 1. The first-order valence-electron chi connectivity index (χ1n) is 5.28. The smallest absolute Gasteiger partial charge is 0.0545 e. The summed E-state index contributed by atoms with van der Waals surface area (Å²) in [5, 5.41) is 1.21. The molecule has 0 spiro atoms. The van der Waals surface area contributed by atoms with E-state index in [0.29, 0.717) is 0 Å². The van der Waals surface area contributed by atoms with Crippen LogP contribution in [0.15, 0.2) is 57.6 Å². The van der Waals surface area contributed by atoms with Gasteiger partial charge in [0.25, 0.3) is 0 Å². The van der Waals surface area contributed by atoms with Gasteiger partial charge < -0.3 is 4.98 Å². The normalized spacial score (nSPS) is 10.9. The molecule has 1 nitrogen and oxygen atoms in total. The Hall–Kier alpha value is -1.06. The number of hydrogen-bond acceptors (Lipinski definition) is 0. The second-order valence-corrected chi connectivity index (χ2v) is 5.55. The van der Waals surface area contributed by atoms with Crippen molar-refractivity contribution in [1.29, 1.82) is 0 Å². The molecule has 84 valence electrons. The molecule has 0 amide bonds. The Kier molecular flexibility index (Phi) is 2.81. The summed E-state index contributed by atoms with van der Waals surface area (Å²) in [4.78, 5) is 3.30. The van der Waals surface area contributed by atoms with Crippen molar-refractivity contribution in [1.82, 2.24) is 4.98 Å². The molecule has 0 bridgehead atoms. The first-order chi connectivity index (χ1) is 8.27. The second kappa shape index (κ2) is 4.31. The molecule has 0 radical (unpaired) electrons. The van der Waals surface area contributed by atoms with Crippen molar-refractivity contribution in [2.75, 3.05) is 0 Å². The fourth-order valence-electron chi connectivity index (χ4n) is 2.02. The lowest BCUT2D eigenvalue weighted by Gasteiger charge is -2.07. The van der Waals surface area contributed by atoms with Crippen molar-refractivity contribution in [3.8, 4) is 11.1 Å². The van der Waals surface area contributed by atoms with Crippen molar-refractivity contribution in [3.63, 3.8) is 0 Å². The summed E-state index contributed by atoms with van der Waals surface area (Å²) in [5.41, 5.74) is 3.57. The Bertz CT molecular complexity index is 686. The lowest BCUT2D eigenvalue weighted by atomic mass is 10.0. The first-order valence-corrected chi connectivity index (χ1v) is 6.86. The van der Waals surface area contributed by atoms with Crippen LogP contribution in [-0.2, 0) is 0 Å². The summed E-state index contributed by atoms with van der Waals surface area (Å²) in [7, 11) is 0. The van der Waals surface area contributed by atoms with Crippen LogP contribution >= 0.6 is 31.9 Å². The van der Waals surface area contributed by atoms with Gasteiger partial charge in [0.2, 0.25) is 0 Å². The Balaban J connectivity index is 2.35. The van der Waals surface area contributed by atoms with E-state index >= 15 is 0 Å². The zero-order valence-electron chi connectivity index (χ0n) is 8.87. The highest BCUT2D eigenvalue weighted by Crippen LogP contribution is 2.35. The van der Waals surface area contributed by atoms with Gasteiger partial charge in [0.05, 0.1) is 5.52 Å². The molecule has 1 heterocycles. The number of hydrogen-bond donors (Lipinski definition) is 1. The predicted molar refractivity (Wildman–Crippen MR) is 79.1 cm³/mol. The number of halogens is 2. The van der Waals surface area contributed by atoms with E-state index in [1.54, 1.807) is 0 Å². The van der Waals surface area contributed by atoms with Crippen molar-refractivity contribution in [2.24, 2.45) is 0 Å². The van der Waals surface area contributed by atoms with Crippen LogP contribution < -0.4 is 0 Å². The van der Waals surface area contributed by atoms with Gasteiger partial charge >= 0.3 is 0 Å². The van der Waals surface area contributed by atoms with E-state index in [1.807, 2.05) is 12.3 Å². The Labute approximate surface area is 116 Å². The summed E-state index contributed by atoms with van der Waals surface area (Å²) >= 11 is 7.17. The van der Waals surface area contributed by atoms with Gasteiger partial charge in [-0.3, -0.25) is 0 Å². The average molecular weight is 351 g/mol. The van der Waals surface area contributed by atoms with E-state index in [-0.39, 0.29) is 0 Å². The van der Waals surface area contributed by atoms with Crippen molar-refractivity contribution < 1.29 is 0 Å². The highest BCUT2D eigenvalue weighted by molar-refractivity contribution is 9.11. The third-order valence-electron chi connectivity index (χ3n) is 2.83. The number of fused-ring (bicyclic) bond motifs is 1. The molecule has 3 aromatic rings. The molecule has 0 aliphatic rings. The molecular weight excluding hydrogens is 342 g/mol. The molecule has 17 heavy (non-hydrogen) atoms. The minimum absolute atomic E-state index is 1.11. The van der Waals surface area contributed by atoms with Gasteiger partial charge in [-0.05, 0) is 23.8 Å². The maximum Gasteiger partial charge on any atom is 0.0545 e. The summed E-state index contributed by atoms with van der Waals surface area (Å²) in [6, 6.07) is 14.6. The summed E-state index contributed by atoms with van der Waals surface area (Å²) in [5.74, 6) is 0. The molecule has 1 N–H and O–H groups in total. The van der Waals surface area contributed by atoms with Crippen LogP contribution in [0.5, 0.6) is 0 Å². The predicted octanol–water partition coefficient (Wildman–Crippen LogP) is 5.36. The van der Waals surface area contributed by atoms with E-state index in [1.165, 1.54) is 16.5 Å². The van der Waals surface area contributed by atoms with Crippen LogP contribution in [0.25, 0.3) is 22.0 Å². The third kappa shape index (κ3) is 1.83. The van der Waals surface area contributed by atoms with Gasteiger partial charge in [-0.2, -0.15) is 0 Å². The third-order valence-corrected chi connectivity index (χ3v) is 4.22. The molecule has 0 aliphatic heterocycles. The van der Waals surface area contributed by atoms with Crippen LogP contribution in [0, 0.1) is 0 Å². The van der Waals surface area contributed by atoms with Crippen LogP contribution in [0.2, 0.25) is 0 Å². The van der Waals surface area contributed by atoms with E-state index in [0.717, 1.165) is 14.5 Å². The van der Waals surface area contributed by atoms with E-state index in [2.05, 4.69) is 73.2 Å². The lowest BCUT2D eigenvalue weighted by Crippen LogP contribution is -1.82. The maximum absolute atomic E-state index is 3.60. The maximum atomic E-state index is 3.60. The number of aromatic nitrogens is 1. The molecule has 3 heteroatoms. The second-order valence-electron chi connectivity index (χ2n) is 3.84. The fraction of sp³-hybridized carbons (Fsp3) is 0. The van der Waals surface area contributed by atoms with Crippen molar-refractivity contribution >= 4 is 42.8 Å². The molecule has 1 aromatic heterocycles. The van der Waals surface area contributed by atoms with Crippen molar-refractivity contribution in [3.05, 3.63) is 57.6 Å². The number of benzene rings is 2. The quantitative estimate of drug-likeness (QED) is 0.608. The van der Waals surface area contributed by atoms with Gasteiger partial charge in [-0.15, -0.1) is 0 Å². The summed E-state index contributed by atoms with van der Waals surface area (Å²) in [6.07, 6.45) is 1.97. The molecular formula is C14H9Br2N. The molecule has 0 atom stereocenters. The van der Waals surface area contributed by atoms with Gasteiger partial charge in [0, 0.05) is 26.1 Å². The standard InChI is InChI=1S/C14H9Br2N/c15-12-4-2-1-3-9(12)10-5-6-13(16)11-7-8-17-14(10)11/h1-8,17H. The highest BCUT2D eigenvalue weighted by Gasteiger charge is 2.09. The van der Waals surface area contributed by atoms with E-state index < -0.39 is 0 Å². The number of aromatic amines is 1. The van der Waals surface area contributed by atoms with Gasteiger partial charge in [-0.25, -0.2) is 0 Å². The Morgan fingerprint density at radius 1 is 0.765 bits per heavy atom. The highest BCUT2D eigenvalue weighted by atomic mass is 79.9. The molecule has 3 rings (SSSR count). The molecule has 0 saturated carbocycles. The first kappa shape index (κ1) is 11.1. The van der Waals surface area contributed by atoms with E-state index in [4.69, 9.17) is 0 Å². The van der Waals surface area contributed by atoms with Crippen LogP contribution in [0.3, 0.4) is 0 Å². The van der Waals surface area contributed by atoms with Crippen LogP contribution in [0.4, 0.5) is 0 Å². The lowest BCUT2D eigenvalue weighted by molar-refractivity contribution is 1.47. The minimum atomic E-state index is 1.11. The zero-order valence-corrected chi connectivity index (χ0v) is 12.0. The number of rotatable bonds is 1. The minimum Gasteiger partial charge on any atom is -0.361 e. The molecule has 0 unspecified atom stereocenters. The summed E-state index contributed by atoms with van der Waals surface area (Å²) < 4.78 is 2.22. The molecule has 2 aromatic carbocycles. The molecule has 0 saturated heterocycles. The number of H-pyrrole nitrogens is 1.